The molecule has 4 atom stereocenters. The zero-order valence-electron chi connectivity index (χ0n) is 27.1. The normalized spacial score (nSPS) is 14.6. The van der Waals surface area contributed by atoms with Gasteiger partial charge in [-0.15, -0.1) is 0 Å². The van der Waals surface area contributed by atoms with Crippen LogP contribution in [0.1, 0.15) is 52.7 Å². The van der Waals surface area contributed by atoms with E-state index in [-0.39, 0.29) is 13.1 Å². The first-order valence-electron chi connectivity index (χ1n) is 15.0. The standard InChI is InChI=1S/C33H51N3O8/c1-32(2,3)43-30(39)35-26(19-23-11-9-8-10-12-23)28(37)21-34-22-29(38)27(36-31(40)44-33(4,5)6)20-24-13-15-25(16-14-24)42-18-17-41-7/h8-16,26-29,34,37-38H,17-22H2,1-7H3,(H,35,39)(H,36,40)/t26-,27-,28+,29+/m0/s1. The van der Waals surface area contributed by atoms with E-state index in [0.717, 1.165) is 11.1 Å². The van der Waals surface area contributed by atoms with Crippen molar-refractivity contribution in [3.8, 4) is 5.75 Å². The molecule has 0 saturated heterocycles. The number of methoxy groups -OCH3 is 1. The number of amides is 2. The van der Waals surface area contributed by atoms with Gasteiger partial charge in [-0.2, -0.15) is 0 Å². The molecular formula is C33H51N3O8. The lowest BCUT2D eigenvalue weighted by Crippen LogP contribution is -2.53. The Bertz CT molecular complexity index is 1120. The van der Waals surface area contributed by atoms with E-state index in [1.54, 1.807) is 48.7 Å². The SMILES string of the molecule is COCCOc1ccc(C[C@H](NC(=O)OC(C)(C)C)[C@H](O)CNC[C@@H](O)[C@H](Cc2ccccc2)NC(=O)OC(C)(C)C)cc1. The first-order chi connectivity index (χ1) is 20.6. The van der Waals surface area contributed by atoms with Gasteiger partial charge < -0.3 is 45.1 Å². The van der Waals surface area contributed by atoms with Crippen LogP contribution in [0.5, 0.6) is 5.75 Å². The molecule has 0 aliphatic carbocycles. The van der Waals surface area contributed by atoms with Crippen molar-refractivity contribution in [3.05, 3.63) is 65.7 Å². The first kappa shape index (κ1) is 36.8. The molecule has 2 amide bonds. The monoisotopic (exact) mass is 617 g/mol. The molecule has 246 valence electrons. The molecule has 0 saturated carbocycles. The van der Waals surface area contributed by atoms with Gasteiger partial charge in [-0.25, -0.2) is 9.59 Å². The number of aliphatic hydroxyl groups is 2. The molecule has 0 heterocycles. The number of carbonyl (C=O) groups is 2. The second-order valence-electron chi connectivity index (χ2n) is 12.7. The van der Waals surface area contributed by atoms with Crippen LogP contribution in [0, 0.1) is 0 Å². The number of aliphatic hydroxyl groups excluding tert-OH is 2. The van der Waals surface area contributed by atoms with Crippen molar-refractivity contribution in [1.29, 1.82) is 0 Å². The summed E-state index contributed by atoms with van der Waals surface area (Å²) < 4.78 is 21.5. The van der Waals surface area contributed by atoms with Crippen LogP contribution in [-0.4, -0.2) is 91.3 Å². The van der Waals surface area contributed by atoms with Crippen LogP contribution < -0.4 is 20.7 Å². The molecule has 0 aliphatic heterocycles. The number of alkyl carbamates (subject to hydrolysis) is 2. The zero-order valence-corrected chi connectivity index (χ0v) is 27.1. The number of nitrogens with one attached hydrogen (secondary N) is 3. The largest absolute Gasteiger partial charge is 0.491 e. The van der Waals surface area contributed by atoms with Crippen LogP contribution in [0.2, 0.25) is 0 Å². The molecule has 5 N–H and O–H groups in total. The first-order valence-corrected chi connectivity index (χ1v) is 15.0. The van der Waals surface area contributed by atoms with Crippen LogP contribution >= 0.6 is 0 Å². The van der Waals surface area contributed by atoms with E-state index in [4.69, 9.17) is 18.9 Å². The molecule has 2 rings (SSSR count). The Labute approximate surface area is 261 Å². The van der Waals surface area contributed by atoms with Crippen molar-refractivity contribution >= 4 is 12.2 Å². The van der Waals surface area contributed by atoms with Gasteiger partial charge in [-0.05, 0) is 77.6 Å². The Kier molecular flexibility index (Phi) is 14.9. The Balaban J connectivity index is 2.06. The van der Waals surface area contributed by atoms with Crippen LogP contribution in [-0.2, 0) is 27.1 Å². The smallest absolute Gasteiger partial charge is 0.407 e. The van der Waals surface area contributed by atoms with Gasteiger partial charge in [0, 0.05) is 20.2 Å². The van der Waals surface area contributed by atoms with E-state index in [0.29, 0.717) is 31.8 Å². The number of hydrogen-bond donors (Lipinski definition) is 5. The van der Waals surface area contributed by atoms with Crippen molar-refractivity contribution in [3.63, 3.8) is 0 Å². The number of hydrogen-bond acceptors (Lipinski definition) is 9. The maximum atomic E-state index is 12.6. The number of carbonyl (C=O) groups excluding carboxylic acids is 2. The average molecular weight is 618 g/mol. The van der Waals surface area contributed by atoms with E-state index < -0.39 is 47.7 Å². The van der Waals surface area contributed by atoms with Crippen molar-refractivity contribution < 1.29 is 38.7 Å². The lowest BCUT2D eigenvalue weighted by molar-refractivity contribution is 0.0399. The Morgan fingerprint density at radius 3 is 1.59 bits per heavy atom. The molecule has 0 aromatic heterocycles. The summed E-state index contributed by atoms with van der Waals surface area (Å²) in [5.41, 5.74) is 0.401. The van der Waals surface area contributed by atoms with Gasteiger partial charge >= 0.3 is 12.2 Å². The molecule has 2 aromatic rings. The molecule has 0 aliphatic rings. The maximum Gasteiger partial charge on any atom is 0.407 e. The third kappa shape index (κ3) is 15.4. The third-order valence-corrected chi connectivity index (χ3v) is 6.27. The number of benzene rings is 2. The second-order valence-corrected chi connectivity index (χ2v) is 12.7. The highest BCUT2D eigenvalue weighted by molar-refractivity contribution is 5.68. The predicted molar refractivity (Wildman–Crippen MR) is 169 cm³/mol. The van der Waals surface area contributed by atoms with Gasteiger partial charge in [0.25, 0.3) is 0 Å². The van der Waals surface area contributed by atoms with Gasteiger partial charge in [0.1, 0.15) is 23.6 Å². The summed E-state index contributed by atoms with van der Waals surface area (Å²) in [5, 5.41) is 30.8. The highest BCUT2D eigenvalue weighted by Crippen LogP contribution is 2.16. The minimum absolute atomic E-state index is 0.0558. The molecular weight excluding hydrogens is 566 g/mol. The van der Waals surface area contributed by atoms with Gasteiger partial charge in [-0.1, -0.05) is 42.5 Å². The maximum absolute atomic E-state index is 12.6. The molecule has 0 radical (unpaired) electrons. The summed E-state index contributed by atoms with van der Waals surface area (Å²) in [6, 6.07) is 15.5. The number of rotatable bonds is 16. The summed E-state index contributed by atoms with van der Waals surface area (Å²) in [6.07, 6.45) is -2.62. The van der Waals surface area contributed by atoms with E-state index in [9.17, 15) is 19.8 Å². The van der Waals surface area contributed by atoms with Gasteiger partial charge in [0.2, 0.25) is 0 Å². The van der Waals surface area contributed by atoms with Gasteiger partial charge in [0.15, 0.2) is 0 Å². The van der Waals surface area contributed by atoms with Crippen molar-refractivity contribution in [2.24, 2.45) is 0 Å². The fourth-order valence-corrected chi connectivity index (χ4v) is 4.23. The summed E-state index contributed by atoms with van der Waals surface area (Å²) in [7, 11) is 1.61. The lowest BCUT2D eigenvalue weighted by atomic mass is 10.00. The molecule has 11 nitrogen and oxygen atoms in total. The molecule has 0 spiro atoms. The van der Waals surface area contributed by atoms with Crippen LogP contribution in [0.3, 0.4) is 0 Å². The van der Waals surface area contributed by atoms with Crippen molar-refractivity contribution in [1.82, 2.24) is 16.0 Å². The topological polar surface area (TPSA) is 148 Å². The Morgan fingerprint density at radius 1 is 0.705 bits per heavy atom. The fourth-order valence-electron chi connectivity index (χ4n) is 4.23. The predicted octanol–water partition coefficient (Wildman–Crippen LogP) is 3.60. The fraction of sp³-hybridized carbons (Fsp3) is 0.576. The van der Waals surface area contributed by atoms with E-state index in [2.05, 4.69) is 16.0 Å². The highest BCUT2D eigenvalue weighted by Gasteiger charge is 2.27. The zero-order chi connectivity index (χ0) is 32.8. The van der Waals surface area contributed by atoms with E-state index in [1.807, 2.05) is 54.6 Å². The van der Waals surface area contributed by atoms with Crippen molar-refractivity contribution in [2.45, 2.75) is 89.9 Å². The van der Waals surface area contributed by atoms with E-state index >= 15 is 0 Å². The summed E-state index contributed by atoms with van der Waals surface area (Å²) >= 11 is 0. The van der Waals surface area contributed by atoms with E-state index in [1.165, 1.54) is 0 Å². The lowest BCUT2D eigenvalue weighted by Gasteiger charge is -2.29. The van der Waals surface area contributed by atoms with Crippen LogP contribution in [0.4, 0.5) is 9.59 Å². The molecule has 0 unspecified atom stereocenters. The molecule has 11 heteroatoms. The summed E-state index contributed by atoms with van der Waals surface area (Å²) in [4.78, 5) is 25.1. The highest BCUT2D eigenvalue weighted by atomic mass is 16.6. The minimum Gasteiger partial charge on any atom is -0.491 e. The van der Waals surface area contributed by atoms with Gasteiger partial charge in [-0.3, -0.25) is 0 Å². The van der Waals surface area contributed by atoms with Crippen LogP contribution in [0.25, 0.3) is 0 Å². The third-order valence-electron chi connectivity index (χ3n) is 6.27. The second kappa shape index (κ2) is 17.8. The number of ether oxygens (including phenoxy) is 4. The summed E-state index contributed by atoms with van der Waals surface area (Å²) in [5.74, 6) is 0.684. The minimum atomic E-state index is -1.03. The molecule has 44 heavy (non-hydrogen) atoms. The molecule has 0 bridgehead atoms. The van der Waals surface area contributed by atoms with Crippen LogP contribution in [0.15, 0.2) is 54.6 Å². The average Bonchev–Trinajstić information content (AvgIpc) is 2.91. The summed E-state index contributed by atoms with van der Waals surface area (Å²) in [6.45, 7) is 11.6. The van der Waals surface area contributed by atoms with Gasteiger partial charge in [0.05, 0.1) is 30.9 Å². The molecule has 0 fully saturated rings. The van der Waals surface area contributed by atoms with Crippen molar-refractivity contribution in [2.75, 3.05) is 33.4 Å². The quantitative estimate of drug-likeness (QED) is 0.178. The Morgan fingerprint density at radius 2 is 1.16 bits per heavy atom. The Hall–Kier alpha value is -3.38. The molecule has 2 aromatic carbocycles.